The van der Waals surface area contributed by atoms with Crippen LogP contribution in [0.4, 0.5) is 0 Å². The Bertz CT molecular complexity index is 309. The topological polar surface area (TPSA) is 43.1 Å². The molecule has 1 saturated heterocycles. The van der Waals surface area contributed by atoms with Crippen LogP contribution in [-0.2, 0) is 4.79 Å². The maximum absolute atomic E-state index is 11.1. The Morgan fingerprint density at radius 1 is 1.47 bits per heavy atom. The average molecular weight is 223 g/mol. The van der Waals surface area contributed by atoms with Crippen LogP contribution in [0.25, 0.3) is 0 Å². The van der Waals surface area contributed by atoms with Crippen molar-refractivity contribution in [3.63, 3.8) is 0 Å². The third-order valence-electron chi connectivity index (χ3n) is 3.07. The van der Waals surface area contributed by atoms with Crippen LogP contribution in [0.5, 0.6) is 0 Å². The van der Waals surface area contributed by atoms with Gasteiger partial charge in [-0.25, -0.2) is 0 Å². The molecular formula is C12H17NOS. The van der Waals surface area contributed by atoms with Gasteiger partial charge in [-0.3, -0.25) is 4.79 Å². The number of carbonyl (C=O) groups excluding carboxylic acids is 1. The molecule has 2 aliphatic rings. The van der Waals surface area contributed by atoms with Crippen molar-refractivity contribution >= 4 is 17.7 Å². The Morgan fingerprint density at radius 3 is 3.13 bits per heavy atom. The summed E-state index contributed by atoms with van der Waals surface area (Å²) in [6.07, 6.45) is 12.4. The minimum atomic E-state index is -0.158. The fraction of sp³-hybridized carbons (Fsp3) is 0.583. The highest BCUT2D eigenvalue weighted by Crippen LogP contribution is 2.44. The highest BCUT2D eigenvalue weighted by atomic mass is 32.2. The second-order valence-electron chi connectivity index (χ2n) is 4.22. The van der Waals surface area contributed by atoms with Gasteiger partial charge >= 0.3 is 0 Å². The van der Waals surface area contributed by atoms with Gasteiger partial charge < -0.3 is 5.73 Å². The summed E-state index contributed by atoms with van der Waals surface area (Å²) in [6, 6.07) is 0. The molecule has 0 aromatic rings. The van der Waals surface area contributed by atoms with E-state index in [-0.39, 0.29) is 11.2 Å². The van der Waals surface area contributed by atoms with Crippen LogP contribution in [0.1, 0.15) is 32.1 Å². The van der Waals surface area contributed by atoms with Gasteiger partial charge in [0.05, 0.1) is 5.25 Å². The van der Waals surface area contributed by atoms with Crippen molar-refractivity contribution < 1.29 is 4.79 Å². The zero-order valence-electron chi connectivity index (χ0n) is 8.82. The van der Waals surface area contributed by atoms with Crippen LogP contribution >= 0.6 is 11.8 Å². The van der Waals surface area contributed by atoms with Crippen LogP contribution in [-0.4, -0.2) is 11.2 Å². The van der Waals surface area contributed by atoms with Crippen LogP contribution in [0.2, 0.25) is 0 Å². The SMILES string of the molecule is NC(=O)C1CC2CCCC/C=C\C=C/2S1. The normalized spacial score (nSPS) is 36.7. The zero-order valence-corrected chi connectivity index (χ0v) is 9.63. The van der Waals surface area contributed by atoms with Gasteiger partial charge in [0.25, 0.3) is 0 Å². The van der Waals surface area contributed by atoms with Crippen LogP contribution in [0, 0.1) is 5.92 Å². The van der Waals surface area contributed by atoms with Gasteiger partial charge in [-0.1, -0.05) is 24.6 Å². The summed E-state index contributed by atoms with van der Waals surface area (Å²) in [5.74, 6) is 0.421. The van der Waals surface area contributed by atoms with Crippen LogP contribution < -0.4 is 5.73 Å². The Kier molecular flexibility index (Phi) is 3.52. The number of nitrogens with two attached hydrogens (primary N) is 1. The molecule has 1 amide bonds. The Labute approximate surface area is 95.0 Å². The highest BCUT2D eigenvalue weighted by Gasteiger charge is 2.32. The summed E-state index contributed by atoms with van der Waals surface area (Å²) in [5.41, 5.74) is 5.36. The van der Waals surface area contributed by atoms with E-state index in [0.29, 0.717) is 5.92 Å². The van der Waals surface area contributed by atoms with Crippen molar-refractivity contribution in [3.05, 3.63) is 23.1 Å². The molecule has 2 nitrogen and oxygen atoms in total. The molecule has 15 heavy (non-hydrogen) atoms. The van der Waals surface area contributed by atoms with Crippen LogP contribution in [0.3, 0.4) is 0 Å². The third-order valence-corrected chi connectivity index (χ3v) is 4.52. The van der Waals surface area contributed by atoms with E-state index < -0.39 is 0 Å². The molecule has 0 spiro atoms. The maximum Gasteiger partial charge on any atom is 0.230 e. The molecule has 2 atom stereocenters. The smallest absolute Gasteiger partial charge is 0.230 e. The summed E-state index contributed by atoms with van der Waals surface area (Å²) in [5, 5.41) is 0.00840. The number of primary amides is 1. The van der Waals surface area contributed by atoms with Crippen molar-refractivity contribution in [2.24, 2.45) is 11.7 Å². The van der Waals surface area contributed by atoms with E-state index >= 15 is 0 Å². The average Bonchev–Trinajstić information content (AvgIpc) is 2.61. The molecule has 1 heterocycles. The molecule has 0 aromatic heterocycles. The first-order chi connectivity index (χ1) is 7.27. The van der Waals surface area contributed by atoms with Crippen molar-refractivity contribution in [3.8, 4) is 0 Å². The molecule has 82 valence electrons. The standard InChI is InChI=1S/C12H17NOS/c13-12(14)11-8-9-6-4-2-1-3-5-7-10(9)15-11/h3,5,7,9,11H,1-2,4,6,8H2,(H2,13,14)/b5-3-,10-7+. The van der Waals surface area contributed by atoms with E-state index in [2.05, 4.69) is 18.2 Å². The van der Waals surface area contributed by atoms with Crippen molar-refractivity contribution in [1.82, 2.24) is 0 Å². The molecule has 0 radical (unpaired) electrons. The fourth-order valence-electron chi connectivity index (χ4n) is 2.20. The minimum Gasteiger partial charge on any atom is -0.369 e. The molecule has 0 aromatic carbocycles. The predicted molar refractivity (Wildman–Crippen MR) is 64.4 cm³/mol. The van der Waals surface area contributed by atoms with E-state index in [4.69, 9.17) is 5.73 Å². The number of hydrogen-bond donors (Lipinski definition) is 1. The number of rotatable bonds is 1. The molecule has 0 saturated carbocycles. The fourth-order valence-corrected chi connectivity index (χ4v) is 3.54. The molecule has 1 fully saturated rings. The van der Waals surface area contributed by atoms with Gasteiger partial charge in [0.15, 0.2) is 0 Å². The third kappa shape index (κ3) is 2.65. The van der Waals surface area contributed by atoms with Gasteiger partial charge in [-0.05, 0) is 36.5 Å². The highest BCUT2D eigenvalue weighted by molar-refractivity contribution is 8.04. The molecule has 2 unspecified atom stereocenters. The number of hydrogen-bond acceptors (Lipinski definition) is 2. The van der Waals surface area contributed by atoms with Crippen molar-refractivity contribution in [1.29, 1.82) is 0 Å². The Hall–Kier alpha value is -0.700. The second kappa shape index (κ2) is 4.88. The lowest BCUT2D eigenvalue weighted by atomic mass is 9.96. The second-order valence-corrected chi connectivity index (χ2v) is 5.50. The molecule has 0 bridgehead atoms. The molecule has 2 rings (SSSR count). The van der Waals surface area contributed by atoms with Crippen molar-refractivity contribution in [2.45, 2.75) is 37.4 Å². The van der Waals surface area contributed by atoms with Gasteiger partial charge in [-0.2, -0.15) is 0 Å². The first kappa shape index (κ1) is 10.8. The van der Waals surface area contributed by atoms with E-state index in [1.165, 1.54) is 30.6 Å². The summed E-state index contributed by atoms with van der Waals surface area (Å²) < 4.78 is 0. The Balaban J connectivity index is 2.10. The minimum absolute atomic E-state index is 0.00840. The van der Waals surface area contributed by atoms with E-state index in [0.717, 1.165) is 6.42 Å². The van der Waals surface area contributed by atoms with Crippen molar-refractivity contribution in [2.75, 3.05) is 0 Å². The van der Waals surface area contributed by atoms with E-state index in [1.54, 1.807) is 11.8 Å². The van der Waals surface area contributed by atoms with Crippen LogP contribution in [0.15, 0.2) is 23.1 Å². The number of amides is 1. The lowest BCUT2D eigenvalue weighted by Crippen LogP contribution is -2.23. The maximum atomic E-state index is 11.1. The molecule has 2 N–H and O–H groups in total. The molecule has 3 heteroatoms. The first-order valence-electron chi connectivity index (χ1n) is 5.60. The summed E-state index contributed by atoms with van der Waals surface area (Å²) in [7, 11) is 0. The van der Waals surface area contributed by atoms with Gasteiger partial charge in [0, 0.05) is 0 Å². The van der Waals surface area contributed by atoms with E-state index in [1.807, 2.05) is 0 Å². The zero-order chi connectivity index (χ0) is 10.7. The summed E-state index contributed by atoms with van der Waals surface area (Å²) >= 11 is 1.67. The van der Waals surface area contributed by atoms with Gasteiger partial charge in [0.1, 0.15) is 0 Å². The largest absolute Gasteiger partial charge is 0.369 e. The molecular weight excluding hydrogens is 206 g/mol. The van der Waals surface area contributed by atoms with E-state index in [9.17, 15) is 4.79 Å². The lowest BCUT2D eigenvalue weighted by molar-refractivity contribution is -0.117. The lowest BCUT2D eigenvalue weighted by Gasteiger charge is -2.08. The predicted octanol–water partition coefficient (Wildman–Crippen LogP) is 2.61. The Morgan fingerprint density at radius 2 is 2.33 bits per heavy atom. The monoisotopic (exact) mass is 223 g/mol. The number of carbonyl (C=O) groups is 1. The first-order valence-corrected chi connectivity index (χ1v) is 6.48. The summed E-state index contributed by atoms with van der Waals surface area (Å²) in [6.45, 7) is 0. The quantitative estimate of drug-likeness (QED) is 0.742. The number of thioether (sulfide) groups is 1. The summed E-state index contributed by atoms with van der Waals surface area (Å²) in [4.78, 5) is 12.5. The van der Waals surface area contributed by atoms with Gasteiger partial charge in [0.2, 0.25) is 5.91 Å². The number of allylic oxidation sites excluding steroid dienone is 4. The number of fused-ring (bicyclic) bond motifs is 1. The molecule has 1 aliphatic carbocycles. The molecule has 1 aliphatic heterocycles. The van der Waals surface area contributed by atoms with Gasteiger partial charge in [-0.15, -0.1) is 11.8 Å².